The molecule has 1 unspecified atom stereocenters. The largest absolute Gasteiger partial charge is 0.326 e. The maximum atomic E-state index is 5.60. The Bertz CT molecular complexity index is 541. The Balaban J connectivity index is 1.96. The van der Waals surface area contributed by atoms with Crippen LogP contribution in [0.2, 0.25) is 0 Å². The predicted molar refractivity (Wildman–Crippen MR) is 71.0 cm³/mol. The number of nitrogens with zero attached hydrogens (tertiary/aromatic N) is 3. The van der Waals surface area contributed by atoms with Crippen LogP contribution in [0, 0.1) is 0 Å². The molecule has 4 heteroatoms. The number of hydrogen-bond acceptors (Lipinski definition) is 3. The molecule has 1 aromatic heterocycles. The van der Waals surface area contributed by atoms with E-state index in [1.165, 1.54) is 12.8 Å². The Kier molecular flexibility index (Phi) is 2.88. The molecule has 0 radical (unpaired) electrons. The zero-order valence-corrected chi connectivity index (χ0v) is 10.6. The Morgan fingerprint density at radius 3 is 2.78 bits per heavy atom. The lowest BCUT2D eigenvalue weighted by Gasteiger charge is -2.17. The van der Waals surface area contributed by atoms with E-state index in [4.69, 9.17) is 5.73 Å². The fourth-order valence-electron chi connectivity index (χ4n) is 2.47. The summed E-state index contributed by atoms with van der Waals surface area (Å²) in [7, 11) is 0. The summed E-state index contributed by atoms with van der Waals surface area (Å²) >= 11 is 0. The van der Waals surface area contributed by atoms with Gasteiger partial charge in [0.15, 0.2) is 5.82 Å². The van der Waals surface area contributed by atoms with Gasteiger partial charge in [-0.25, -0.2) is 9.67 Å². The molecule has 18 heavy (non-hydrogen) atoms. The molecule has 0 fully saturated rings. The average Bonchev–Trinajstić information content (AvgIpc) is 2.84. The topological polar surface area (TPSA) is 56.7 Å². The lowest BCUT2D eigenvalue weighted by atomic mass is 10.0. The Morgan fingerprint density at radius 1 is 1.33 bits per heavy atom. The van der Waals surface area contributed by atoms with E-state index >= 15 is 0 Å². The van der Waals surface area contributed by atoms with Gasteiger partial charge in [-0.2, -0.15) is 5.10 Å². The summed E-state index contributed by atoms with van der Waals surface area (Å²) in [5, 5.41) is 4.60. The first kappa shape index (κ1) is 11.4. The van der Waals surface area contributed by atoms with Gasteiger partial charge >= 0.3 is 0 Å². The number of hydrogen-bond donors (Lipinski definition) is 1. The monoisotopic (exact) mass is 242 g/mol. The van der Waals surface area contributed by atoms with E-state index in [1.54, 1.807) is 0 Å². The van der Waals surface area contributed by atoms with Gasteiger partial charge in [-0.05, 0) is 18.4 Å². The van der Waals surface area contributed by atoms with Gasteiger partial charge in [0.1, 0.15) is 5.82 Å². The smallest absolute Gasteiger partial charge is 0.181 e. The molecule has 0 bridgehead atoms. The van der Waals surface area contributed by atoms with Crippen molar-refractivity contribution in [2.24, 2.45) is 5.73 Å². The van der Waals surface area contributed by atoms with E-state index in [1.807, 2.05) is 24.3 Å². The summed E-state index contributed by atoms with van der Waals surface area (Å²) < 4.78 is 2.06. The Morgan fingerprint density at radius 2 is 2.11 bits per heavy atom. The third-order valence-electron chi connectivity index (χ3n) is 3.60. The van der Waals surface area contributed by atoms with Crippen molar-refractivity contribution in [1.29, 1.82) is 0 Å². The maximum Gasteiger partial charge on any atom is 0.181 e. The van der Waals surface area contributed by atoms with E-state index in [9.17, 15) is 0 Å². The minimum Gasteiger partial charge on any atom is -0.326 e. The van der Waals surface area contributed by atoms with Crippen molar-refractivity contribution in [3.05, 3.63) is 35.7 Å². The van der Waals surface area contributed by atoms with Crippen molar-refractivity contribution >= 4 is 0 Å². The first-order valence-corrected chi connectivity index (χ1v) is 6.52. The van der Waals surface area contributed by atoms with Gasteiger partial charge in [0.05, 0.1) is 0 Å². The molecule has 0 aliphatic carbocycles. The molecule has 4 nitrogen and oxygen atoms in total. The number of fused-ring (bicyclic) bond motifs is 1. The highest BCUT2D eigenvalue weighted by atomic mass is 15.4. The van der Waals surface area contributed by atoms with Gasteiger partial charge < -0.3 is 5.73 Å². The van der Waals surface area contributed by atoms with Crippen LogP contribution < -0.4 is 5.73 Å². The standard InChI is InChI=1S/C14H18N4/c1-10-3-2-8-18-14(10)16-13(17-18)12-6-4-11(9-15)5-7-12/h4-7,10H,2-3,8-9,15H2,1H3. The van der Waals surface area contributed by atoms with Crippen LogP contribution in [-0.2, 0) is 13.1 Å². The van der Waals surface area contributed by atoms with Crippen LogP contribution >= 0.6 is 0 Å². The lowest BCUT2D eigenvalue weighted by Crippen LogP contribution is -2.14. The number of benzene rings is 1. The van der Waals surface area contributed by atoms with Gasteiger partial charge in [-0.15, -0.1) is 0 Å². The minimum absolute atomic E-state index is 0.517. The molecule has 2 N–H and O–H groups in total. The van der Waals surface area contributed by atoms with Gasteiger partial charge in [-0.3, -0.25) is 0 Å². The quantitative estimate of drug-likeness (QED) is 0.879. The van der Waals surface area contributed by atoms with E-state index < -0.39 is 0 Å². The second-order valence-corrected chi connectivity index (χ2v) is 4.96. The molecule has 1 aliphatic rings. The highest BCUT2D eigenvalue weighted by Gasteiger charge is 2.20. The van der Waals surface area contributed by atoms with E-state index in [0.29, 0.717) is 12.5 Å². The van der Waals surface area contributed by atoms with Crippen molar-refractivity contribution in [2.45, 2.75) is 38.8 Å². The summed E-state index contributed by atoms with van der Waals surface area (Å²) in [5.74, 6) is 2.48. The summed E-state index contributed by atoms with van der Waals surface area (Å²) in [6.45, 7) is 3.79. The molecule has 0 amide bonds. The Labute approximate surface area is 107 Å². The Hall–Kier alpha value is -1.68. The van der Waals surface area contributed by atoms with Crippen molar-refractivity contribution in [3.63, 3.8) is 0 Å². The second kappa shape index (κ2) is 4.53. The van der Waals surface area contributed by atoms with Crippen molar-refractivity contribution < 1.29 is 0 Å². The lowest BCUT2D eigenvalue weighted by molar-refractivity contribution is 0.432. The summed E-state index contributed by atoms with van der Waals surface area (Å²) in [4.78, 5) is 4.68. The zero-order chi connectivity index (χ0) is 12.5. The number of aromatic nitrogens is 3. The molecular formula is C14H18N4. The average molecular weight is 242 g/mol. The van der Waals surface area contributed by atoms with E-state index in [2.05, 4.69) is 21.7 Å². The second-order valence-electron chi connectivity index (χ2n) is 4.96. The molecule has 0 saturated carbocycles. The van der Waals surface area contributed by atoms with Crippen LogP contribution in [0.15, 0.2) is 24.3 Å². The molecule has 1 atom stereocenters. The molecule has 1 aliphatic heterocycles. The number of rotatable bonds is 2. The van der Waals surface area contributed by atoms with Crippen LogP contribution in [0.5, 0.6) is 0 Å². The fourth-order valence-corrected chi connectivity index (χ4v) is 2.47. The number of nitrogens with two attached hydrogens (primary N) is 1. The summed E-state index contributed by atoms with van der Waals surface area (Å²) in [6.07, 6.45) is 2.41. The zero-order valence-electron chi connectivity index (χ0n) is 10.6. The molecule has 2 aromatic rings. The van der Waals surface area contributed by atoms with Gasteiger partial charge in [-0.1, -0.05) is 31.2 Å². The first-order chi connectivity index (χ1) is 8.78. The van der Waals surface area contributed by atoms with E-state index in [0.717, 1.165) is 29.3 Å². The molecule has 94 valence electrons. The van der Waals surface area contributed by atoms with Gasteiger partial charge in [0.2, 0.25) is 0 Å². The number of aryl methyl sites for hydroxylation is 1. The van der Waals surface area contributed by atoms with Crippen LogP contribution in [0.4, 0.5) is 0 Å². The molecule has 3 rings (SSSR count). The minimum atomic E-state index is 0.517. The molecule has 2 heterocycles. The van der Waals surface area contributed by atoms with Crippen LogP contribution in [0.1, 0.15) is 37.1 Å². The SMILES string of the molecule is CC1CCCn2nc(-c3ccc(CN)cc3)nc21. The van der Waals surface area contributed by atoms with Crippen molar-refractivity contribution in [1.82, 2.24) is 14.8 Å². The third kappa shape index (κ3) is 1.93. The highest BCUT2D eigenvalue weighted by molar-refractivity contribution is 5.55. The van der Waals surface area contributed by atoms with Crippen molar-refractivity contribution in [2.75, 3.05) is 0 Å². The van der Waals surface area contributed by atoms with Crippen molar-refractivity contribution in [3.8, 4) is 11.4 Å². The predicted octanol–water partition coefficient (Wildman–Crippen LogP) is 2.30. The molecule has 0 spiro atoms. The van der Waals surface area contributed by atoms with Crippen LogP contribution in [-0.4, -0.2) is 14.8 Å². The van der Waals surface area contributed by atoms with Crippen LogP contribution in [0.3, 0.4) is 0 Å². The molecule has 0 saturated heterocycles. The van der Waals surface area contributed by atoms with Gasteiger partial charge in [0, 0.05) is 24.6 Å². The maximum absolute atomic E-state index is 5.60. The summed E-state index contributed by atoms with van der Waals surface area (Å²) in [6, 6.07) is 8.18. The van der Waals surface area contributed by atoms with Crippen LogP contribution in [0.25, 0.3) is 11.4 Å². The fraction of sp³-hybridized carbons (Fsp3) is 0.429. The van der Waals surface area contributed by atoms with E-state index in [-0.39, 0.29) is 0 Å². The first-order valence-electron chi connectivity index (χ1n) is 6.52. The molecule has 1 aromatic carbocycles. The third-order valence-corrected chi connectivity index (χ3v) is 3.60. The summed E-state index contributed by atoms with van der Waals surface area (Å²) in [5.41, 5.74) is 7.81. The van der Waals surface area contributed by atoms with Gasteiger partial charge in [0.25, 0.3) is 0 Å². The highest BCUT2D eigenvalue weighted by Crippen LogP contribution is 2.27. The normalized spacial score (nSPS) is 18.7. The molecular weight excluding hydrogens is 224 g/mol.